The van der Waals surface area contributed by atoms with Gasteiger partial charge in [-0.15, -0.1) is 0 Å². The number of ether oxygens (including phenoxy) is 1. The van der Waals surface area contributed by atoms with Crippen molar-refractivity contribution in [2.75, 3.05) is 6.61 Å². The molecule has 2 aliphatic rings. The lowest BCUT2D eigenvalue weighted by molar-refractivity contribution is 0.000626. The molecule has 0 spiro atoms. The molecule has 2 unspecified atom stereocenters. The maximum atomic E-state index is 15.3. The lowest BCUT2D eigenvalue weighted by Gasteiger charge is -2.31. The molecule has 1 nitrogen and oxygen atoms in total. The molecule has 3 aromatic rings. The molecule has 0 aromatic heterocycles. The molecule has 2 fully saturated rings. The van der Waals surface area contributed by atoms with E-state index in [0.29, 0.717) is 18.4 Å². The Balaban J connectivity index is 1.20. The molecule has 1 heterocycles. The molecule has 1 aliphatic heterocycles. The summed E-state index contributed by atoms with van der Waals surface area (Å²) in [7, 11) is 0. The number of halogens is 7. The first-order valence-electron chi connectivity index (χ1n) is 14.6. The van der Waals surface area contributed by atoms with Gasteiger partial charge in [-0.1, -0.05) is 31.2 Å². The predicted molar refractivity (Wildman–Crippen MR) is 148 cm³/mol. The van der Waals surface area contributed by atoms with Crippen LogP contribution in [0.15, 0.2) is 54.4 Å². The molecule has 0 bridgehead atoms. The molecule has 8 heteroatoms. The quantitative estimate of drug-likeness (QED) is 0.197. The third-order valence-corrected chi connectivity index (χ3v) is 8.71. The van der Waals surface area contributed by atoms with Crippen molar-refractivity contribution >= 4 is 5.83 Å². The highest BCUT2D eigenvalue weighted by Crippen LogP contribution is 2.43. The summed E-state index contributed by atoms with van der Waals surface area (Å²) in [6, 6.07) is 11.4. The first-order valence-corrected chi connectivity index (χ1v) is 14.6. The molecule has 1 aliphatic carbocycles. The fraction of sp³-hybridized carbons (Fsp3) is 0.412. The van der Waals surface area contributed by atoms with Gasteiger partial charge in [0.15, 0.2) is 23.3 Å². The largest absolute Gasteiger partial charge is 0.373 e. The van der Waals surface area contributed by atoms with Gasteiger partial charge in [-0.2, -0.15) is 0 Å². The second-order valence-electron chi connectivity index (χ2n) is 11.4. The van der Waals surface area contributed by atoms with E-state index in [4.69, 9.17) is 4.74 Å². The maximum Gasteiger partial charge on any atom is 0.194 e. The fourth-order valence-electron chi connectivity index (χ4n) is 6.38. The Labute approximate surface area is 241 Å². The second-order valence-corrected chi connectivity index (χ2v) is 11.4. The van der Waals surface area contributed by atoms with E-state index < -0.39 is 52.8 Å². The molecule has 3 aromatic carbocycles. The third-order valence-electron chi connectivity index (χ3n) is 8.71. The van der Waals surface area contributed by atoms with E-state index >= 15 is 8.78 Å². The average Bonchev–Trinajstić information content (AvgIpc) is 2.99. The maximum absolute atomic E-state index is 15.3. The topological polar surface area (TPSA) is 9.23 Å². The van der Waals surface area contributed by atoms with Crippen molar-refractivity contribution in [2.24, 2.45) is 0 Å². The number of hydrogen-bond acceptors (Lipinski definition) is 1. The lowest BCUT2D eigenvalue weighted by atomic mass is 9.75. The van der Waals surface area contributed by atoms with Crippen molar-refractivity contribution in [3.8, 4) is 0 Å². The van der Waals surface area contributed by atoms with Crippen molar-refractivity contribution in [3.05, 3.63) is 111 Å². The Bertz CT molecular complexity index is 1390. The van der Waals surface area contributed by atoms with Crippen molar-refractivity contribution in [2.45, 2.75) is 82.1 Å². The Kier molecular flexibility index (Phi) is 9.41. The normalized spacial score (nSPS) is 23.5. The van der Waals surface area contributed by atoms with Gasteiger partial charge < -0.3 is 4.74 Å². The van der Waals surface area contributed by atoms with E-state index in [1.54, 1.807) is 19.1 Å². The first kappa shape index (κ1) is 30.3. The fourth-order valence-corrected chi connectivity index (χ4v) is 6.38. The molecule has 5 rings (SSSR count). The minimum Gasteiger partial charge on any atom is -0.373 e. The Hall–Kier alpha value is -3.13. The summed E-state index contributed by atoms with van der Waals surface area (Å²) >= 11 is 0. The van der Waals surface area contributed by atoms with E-state index in [1.807, 2.05) is 12.1 Å². The SMILES string of the molecule is CCC/C(F)=C(\F)c1ccc(C2CCC(c3cc(F)c(C4CCC(c5cc(F)c(F)c(F)c5)OC4)c(F)c3)CC2)cc1. The minimum absolute atomic E-state index is 0.00246. The van der Waals surface area contributed by atoms with Crippen molar-refractivity contribution < 1.29 is 35.5 Å². The summed E-state index contributed by atoms with van der Waals surface area (Å²) in [6.07, 6.45) is 3.60. The molecule has 0 N–H and O–H groups in total. The monoisotopic (exact) mass is 590 g/mol. The Morgan fingerprint density at radius 1 is 0.667 bits per heavy atom. The zero-order chi connectivity index (χ0) is 30.0. The van der Waals surface area contributed by atoms with Crippen LogP contribution >= 0.6 is 0 Å². The van der Waals surface area contributed by atoms with Gasteiger partial charge in [0.05, 0.1) is 12.7 Å². The summed E-state index contributed by atoms with van der Waals surface area (Å²) in [5.41, 5.74) is 1.96. The van der Waals surface area contributed by atoms with Crippen molar-refractivity contribution in [1.29, 1.82) is 0 Å². The van der Waals surface area contributed by atoms with Gasteiger partial charge in [-0.3, -0.25) is 0 Å². The molecule has 224 valence electrons. The summed E-state index contributed by atoms with van der Waals surface area (Å²) in [6.45, 7) is 1.75. The summed E-state index contributed by atoms with van der Waals surface area (Å²) in [5, 5.41) is 0. The zero-order valence-corrected chi connectivity index (χ0v) is 23.3. The third kappa shape index (κ3) is 6.43. The van der Waals surface area contributed by atoms with E-state index in [2.05, 4.69) is 0 Å². The van der Waals surface area contributed by atoms with Crippen LogP contribution in [0.25, 0.3) is 5.83 Å². The summed E-state index contributed by atoms with van der Waals surface area (Å²) in [5.74, 6) is -7.34. The predicted octanol–water partition coefficient (Wildman–Crippen LogP) is 10.9. The molecule has 1 saturated heterocycles. The van der Waals surface area contributed by atoms with Gasteiger partial charge in [0, 0.05) is 23.5 Å². The summed E-state index contributed by atoms with van der Waals surface area (Å²) < 4.78 is 105. The molecule has 0 amide bonds. The zero-order valence-electron chi connectivity index (χ0n) is 23.3. The molecule has 42 heavy (non-hydrogen) atoms. The molecule has 1 saturated carbocycles. The van der Waals surface area contributed by atoms with Gasteiger partial charge >= 0.3 is 0 Å². The van der Waals surface area contributed by atoms with Gasteiger partial charge in [0.2, 0.25) is 0 Å². The van der Waals surface area contributed by atoms with Crippen LogP contribution in [0.4, 0.5) is 30.7 Å². The van der Waals surface area contributed by atoms with Gasteiger partial charge in [0.1, 0.15) is 17.5 Å². The van der Waals surface area contributed by atoms with Gasteiger partial charge in [-0.05, 0) is 97.7 Å². The number of hydrogen-bond donors (Lipinski definition) is 0. The molecule has 0 radical (unpaired) electrons. The number of benzene rings is 3. The van der Waals surface area contributed by atoms with Crippen LogP contribution in [0.1, 0.15) is 110 Å². The molecule has 2 atom stereocenters. The van der Waals surface area contributed by atoms with Crippen LogP contribution in [-0.4, -0.2) is 6.61 Å². The van der Waals surface area contributed by atoms with E-state index in [-0.39, 0.29) is 48.0 Å². The van der Waals surface area contributed by atoms with Crippen LogP contribution in [-0.2, 0) is 4.74 Å². The molecular weight excluding hydrogens is 557 g/mol. The van der Waals surface area contributed by atoms with E-state index in [9.17, 15) is 22.0 Å². The van der Waals surface area contributed by atoms with E-state index in [1.165, 1.54) is 12.1 Å². The van der Waals surface area contributed by atoms with Crippen molar-refractivity contribution in [3.63, 3.8) is 0 Å². The number of allylic oxidation sites excluding steroid dienone is 1. The van der Waals surface area contributed by atoms with Crippen LogP contribution < -0.4 is 0 Å². The minimum atomic E-state index is -1.55. The van der Waals surface area contributed by atoms with Crippen LogP contribution in [0.3, 0.4) is 0 Å². The van der Waals surface area contributed by atoms with Crippen LogP contribution in [0.2, 0.25) is 0 Å². The second kappa shape index (κ2) is 13.0. The van der Waals surface area contributed by atoms with Crippen LogP contribution in [0, 0.1) is 29.1 Å². The van der Waals surface area contributed by atoms with E-state index in [0.717, 1.165) is 43.4 Å². The first-order chi connectivity index (χ1) is 20.2. The Morgan fingerprint density at radius 2 is 1.19 bits per heavy atom. The lowest BCUT2D eigenvalue weighted by Crippen LogP contribution is -2.22. The summed E-state index contributed by atoms with van der Waals surface area (Å²) in [4.78, 5) is 0. The highest BCUT2D eigenvalue weighted by molar-refractivity contribution is 5.61. The average molecular weight is 591 g/mol. The Morgan fingerprint density at radius 3 is 1.71 bits per heavy atom. The smallest absolute Gasteiger partial charge is 0.194 e. The van der Waals surface area contributed by atoms with Gasteiger partial charge in [0.25, 0.3) is 0 Å². The van der Waals surface area contributed by atoms with Crippen molar-refractivity contribution in [1.82, 2.24) is 0 Å². The van der Waals surface area contributed by atoms with Gasteiger partial charge in [-0.25, -0.2) is 30.7 Å². The van der Waals surface area contributed by atoms with Crippen LogP contribution in [0.5, 0.6) is 0 Å². The number of rotatable bonds is 7. The highest BCUT2D eigenvalue weighted by Gasteiger charge is 2.31. The molecular formula is C34H33F7O. The highest BCUT2D eigenvalue weighted by atomic mass is 19.2. The standard InChI is InChI=1S/C34H33F7O/c1-2-3-26(35)33(40)22-10-8-20(9-11-22)19-4-6-21(7-5-19)24-14-27(36)32(28(37)15-24)23-12-13-31(42-18-23)25-16-29(38)34(41)30(39)17-25/h8-11,14-17,19,21,23,31H,2-7,12-13,18H2,1H3/b33-26+.